The number of amides is 1. The SMILES string of the molecule is O=C(NC1COC1)c1ccc(Br)cn1. The number of carbonyl (C=O) groups excluding carboxylic acids is 1. The van der Waals surface area contributed by atoms with Crippen molar-refractivity contribution in [2.24, 2.45) is 0 Å². The standard InChI is InChI=1S/C9H9BrN2O2/c10-6-1-2-8(11-3-6)9(13)12-7-4-14-5-7/h1-3,7H,4-5H2,(H,12,13). The summed E-state index contributed by atoms with van der Waals surface area (Å²) in [4.78, 5) is 15.5. The van der Waals surface area contributed by atoms with E-state index in [1.165, 1.54) is 0 Å². The molecule has 0 spiro atoms. The largest absolute Gasteiger partial charge is 0.377 e. The fourth-order valence-corrected chi connectivity index (χ4v) is 1.32. The van der Waals surface area contributed by atoms with Crippen molar-refractivity contribution < 1.29 is 9.53 Å². The summed E-state index contributed by atoms with van der Waals surface area (Å²) in [7, 11) is 0. The van der Waals surface area contributed by atoms with Crippen molar-refractivity contribution in [2.45, 2.75) is 6.04 Å². The van der Waals surface area contributed by atoms with Crippen molar-refractivity contribution in [1.29, 1.82) is 0 Å². The summed E-state index contributed by atoms with van der Waals surface area (Å²) in [6.45, 7) is 1.20. The van der Waals surface area contributed by atoms with E-state index in [-0.39, 0.29) is 11.9 Å². The Labute approximate surface area is 89.8 Å². The number of ether oxygens (including phenoxy) is 1. The lowest BCUT2D eigenvalue weighted by Gasteiger charge is -2.26. The van der Waals surface area contributed by atoms with Gasteiger partial charge in [0.1, 0.15) is 5.69 Å². The molecule has 1 N–H and O–H groups in total. The zero-order chi connectivity index (χ0) is 9.97. The predicted octanol–water partition coefficient (Wildman–Crippen LogP) is 0.973. The van der Waals surface area contributed by atoms with Crippen molar-refractivity contribution >= 4 is 21.8 Å². The molecule has 1 aliphatic heterocycles. The van der Waals surface area contributed by atoms with E-state index >= 15 is 0 Å². The fourth-order valence-electron chi connectivity index (χ4n) is 1.09. The number of rotatable bonds is 2. The van der Waals surface area contributed by atoms with Crippen LogP contribution in [0.5, 0.6) is 0 Å². The second-order valence-electron chi connectivity index (χ2n) is 3.07. The quantitative estimate of drug-likeness (QED) is 0.858. The zero-order valence-electron chi connectivity index (χ0n) is 7.37. The second kappa shape index (κ2) is 4.06. The minimum Gasteiger partial charge on any atom is -0.377 e. The van der Waals surface area contributed by atoms with Gasteiger partial charge >= 0.3 is 0 Å². The van der Waals surface area contributed by atoms with Crippen LogP contribution < -0.4 is 5.32 Å². The Kier molecular flexibility index (Phi) is 2.79. The van der Waals surface area contributed by atoms with E-state index in [1.807, 2.05) is 0 Å². The van der Waals surface area contributed by atoms with Gasteiger partial charge in [0.15, 0.2) is 0 Å². The number of hydrogen-bond donors (Lipinski definition) is 1. The first kappa shape index (κ1) is 9.61. The Balaban J connectivity index is 1.99. The summed E-state index contributed by atoms with van der Waals surface area (Å²) in [5.41, 5.74) is 0.431. The third-order valence-electron chi connectivity index (χ3n) is 1.93. The topological polar surface area (TPSA) is 51.2 Å². The molecule has 2 rings (SSSR count). The third-order valence-corrected chi connectivity index (χ3v) is 2.40. The molecule has 0 atom stereocenters. The molecule has 14 heavy (non-hydrogen) atoms. The van der Waals surface area contributed by atoms with Crippen LogP contribution in [-0.4, -0.2) is 30.1 Å². The first-order chi connectivity index (χ1) is 6.75. The van der Waals surface area contributed by atoms with Crippen LogP contribution >= 0.6 is 15.9 Å². The molecular weight excluding hydrogens is 248 g/mol. The Morgan fingerprint density at radius 1 is 1.57 bits per heavy atom. The first-order valence-corrected chi connectivity index (χ1v) is 5.05. The van der Waals surface area contributed by atoms with Crippen molar-refractivity contribution in [3.63, 3.8) is 0 Å². The summed E-state index contributed by atoms with van der Waals surface area (Å²) in [5.74, 6) is -0.147. The number of pyridine rings is 1. The lowest BCUT2D eigenvalue weighted by Crippen LogP contribution is -2.48. The molecule has 2 heterocycles. The molecule has 0 aromatic carbocycles. The van der Waals surface area contributed by atoms with Gasteiger partial charge in [-0.3, -0.25) is 4.79 Å². The minimum atomic E-state index is -0.147. The van der Waals surface area contributed by atoms with Crippen LogP contribution in [0.2, 0.25) is 0 Å². The molecule has 4 nitrogen and oxygen atoms in total. The maximum absolute atomic E-state index is 11.5. The predicted molar refractivity (Wildman–Crippen MR) is 54.0 cm³/mol. The molecule has 1 aromatic rings. The van der Waals surface area contributed by atoms with Crippen LogP contribution in [0.1, 0.15) is 10.5 Å². The third kappa shape index (κ3) is 2.10. The van der Waals surface area contributed by atoms with Crippen LogP contribution in [0.4, 0.5) is 0 Å². The normalized spacial score (nSPS) is 16.1. The summed E-state index contributed by atoms with van der Waals surface area (Å²) >= 11 is 3.26. The van der Waals surface area contributed by atoms with Crippen LogP contribution in [0.3, 0.4) is 0 Å². The minimum absolute atomic E-state index is 0.146. The molecule has 0 aliphatic carbocycles. The van der Waals surface area contributed by atoms with Gasteiger partial charge in [-0.1, -0.05) is 0 Å². The highest BCUT2D eigenvalue weighted by molar-refractivity contribution is 9.10. The van der Waals surface area contributed by atoms with Gasteiger partial charge in [-0.25, -0.2) is 4.98 Å². The van der Waals surface area contributed by atoms with Crippen LogP contribution in [0.15, 0.2) is 22.8 Å². The number of nitrogens with zero attached hydrogens (tertiary/aromatic N) is 1. The number of aromatic nitrogens is 1. The molecule has 5 heteroatoms. The number of carbonyl (C=O) groups is 1. The molecule has 1 aromatic heterocycles. The summed E-state index contributed by atoms with van der Waals surface area (Å²) in [6.07, 6.45) is 1.60. The van der Waals surface area contributed by atoms with E-state index in [0.717, 1.165) is 4.47 Å². The number of halogens is 1. The number of nitrogens with one attached hydrogen (secondary N) is 1. The maximum atomic E-state index is 11.5. The van der Waals surface area contributed by atoms with Crippen LogP contribution in [0, 0.1) is 0 Å². The van der Waals surface area contributed by atoms with Crippen molar-refractivity contribution in [2.75, 3.05) is 13.2 Å². The summed E-state index contributed by atoms with van der Waals surface area (Å²) in [5, 5.41) is 2.81. The van der Waals surface area contributed by atoms with Gasteiger partial charge in [0, 0.05) is 10.7 Å². The lowest BCUT2D eigenvalue weighted by molar-refractivity contribution is -0.00354. The molecule has 1 saturated heterocycles. The summed E-state index contributed by atoms with van der Waals surface area (Å²) in [6, 6.07) is 3.62. The highest BCUT2D eigenvalue weighted by Crippen LogP contribution is 2.08. The molecule has 1 amide bonds. The second-order valence-corrected chi connectivity index (χ2v) is 3.99. The molecule has 1 fully saturated rings. The van der Waals surface area contributed by atoms with Crippen LogP contribution in [-0.2, 0) is 4.74 Å². The van der Waals surface area contributed by atoms with Gasteiger partial charge in [0.05, 0.1) is 19.3 Å². The van der Waals surface area contributed by atoms with E-state index in [2.05, 4.69) is 26.2 Å². The van der Waals surface area contributed by atoms with Gasteiger partial charge < -0.3 is 10.1 Å². The Morgan fingerprint density at radius 2 is 2.36 bits per heavy atom. The monoisotopic (exact) mass is 256 g/mol. The van der Waals surface area contributed by atoms with E-state index in [0.29, 0.717) is 18.9 Å². The molecule has 0 unspecified atom stereocenters. The first-order valence-electron chi connectivity index (χ1n) is 4.26. The zero-order valence-corrected chi connectivity index (χ0v) is 8.95. The lowest BCUT2D eigenvalue weighted by atomic mass is 10.2. The average molecular weight is 257 g/mol. The van der Waals surface area contributed by atoms with Crippen molar-refractivity contribution in [1.82, 2.24) is 10.3 Å². The molecule has 0 bridgehead atoms. The molecule has 0 radical (unpaired) electrons. The van der Waals surface area contributed by atoms with Crippen LogP contribution in [0.25, 0.3) is 0 Å². The van der Waals surface area contributed by atoms with Gasteiger partial charge in [-0.15, -0.1) is 0 Å². The highest BCUT2D eigenvalue weighted by Gasteiger charge is 2.21. The molecule has 1 aliphatic rings. The van der Waals surface area contributed by atoms with Gasteiger partial charge in [-0.2, -0.15) is 0 Å². The van der Waals surface area contributed by atoms with E-state index in [9.17, 15) is 4.79 Å². The maximum Gasteiger partial charge on any atom is 0.270 e. The fraction of sp³-hybridized carbons (Fsp3) is 0.333. The van der Waals surface area contributed by atoms with E-state index < -0.39 is 0 Å². The molecule has 74 valence electrons. The molecule has 0 saturated carbocycles. The highest BCUT2D eigenvalue weighted by atomic mass is 79.9. The van der Waals surface area contributed by atoms with Crippen molar-refractivity contribution in [3.05, 3.63) is 28.5 Å². The Bertz CT molecular complexity index is 335. The average Bonchev–Trinajstić information content (AvgIpc) is 2.12. The van der Waals surface area contributed by atoms with E-state index in [4.69, 9.17) is 4.74 Å². The van der Waals surface area contributed by atoms with Gasteiger partial charge in [0.25, 0.3) is 5.91 Å². The van der Waals surface area contributed by atoms with E-state index in [1.54, 1.807) is 18.3 Å². The van der Waals surface area contributed by atoms with Gasteiger partial charge in [0.2, 0.25) is 0 Å². The smallest absolute Gasteiger partial charge is 0.270 e. The number of hydrogen-bond acceptors (Lipinski definition) is 3. The molecular formula is C9H9BrN2O2. The summed E-state index contributed by atoms with van der Waals surface area (Å²) < 4.78 is 5.81. The van der Waals surface area contributed by atoms with Gasteiger partial charge in [-0.05, 0) is 28.1 Å². The Hall–Kier alpha value is -0.940. The Morgan fingerprint density at radius 3 is 2.86 bits per heavy atom. The van der Waals surface area contributed by atoms with Crippen molar-refractivity contribution in [3.8, 4) is 0 Å².